The Balaban J connectivity index is 1.88. The Kier molecular flexibility index (Phi) is 4.16. The van der Waals surface area contributed by atoms with Gasteiger partial charge in [0.2, 0.25) is 5.91 Å². The molecule has 1 amide bonds. The van der Waals surface area contributed by atoms with Crippen LogP contribution in [0.2, 0.25) is 0 Å². The van der Waals surface area contributed by atoms with Crippen LogP contribution in [0.25, 0.3) is 10.9 Å². The Bertz CT molecular complexity index is 695. The topological polar surface area (TPSA) is 37.3 Å². The van der Waals surface area contributed by atoms with Gasteiger partial charge in [-0.15, -0.1) is 0 Å². The third-order valence-electron chi connectivity index (χ3n) is 4.63. The van der Waals surface area contributed by atoms with E-state index in [1.165, 1.54) is 6.07 Å². The first-order chi connectivity index (χ1) is 10.6. The van der Waals surface area contributed by atoms with Gasteiger partial charge >= 0.3 is 0 Å². The number of likely N-dealkylation sites (N-methyl/N-ethyl adjacent to an activating group) is 1. The van der Waals surface area contributed by atoms with E-state index in [0.717, 1.165) is 42.4 Å². The van der Waals surface area contributed by atoms with Crippen LogP contribution < -0.4 is 5.32 Å². The third kappa shape index (κ3) is 2.73. The highest BCUT2D eigenvalue weighted by molar-refractivity contribution is 5.82. The molecular formula is C17H22FN3O. The SMILES string of the molecule is CNC(=O)C1CCCCN1Cc1cc2cc(F)ccc2n1C. The molecule has 2 aromatic rings. The summed E-state index contributed by atoms with van der Waals surface area (Å²) in [6, 6.07) is 6.81. The van der Waals surface area contributed by atoms with Crippen molar-refractivity contribution in [2.45, 2.75) is 31.8 Å². The molecule has 1 aromatic heterocycles. The zero-order valence-electron chi connectivity index (χ0n) is 13.1. The van der Waals surface area contributed by atoms with E-state index in [0.29, 0.717) is 6.54 Å². The first-order valence-corrected chi connectivity index (χ1v) is 7.79. The van der Waals surface area contributed by atoms with Gasteiger partial charge in [0, 0.05) is 37.2 Å². The minimum Gasteiger partial charge on any atom is -0.358 e. The summed E-state index contributed by atoms with van der Waals surface area (Å²) in [5.41, 5.74) is 2.13. The number of rotatable bonds is 3. The second-order valence-corrected chi connectivity index (χ2v) is 5.99. The molecule has 22 heavy (non-hydrogen) atoms. The summed E-state index contributed by atoms with van der Waals surface area (Å²) < 4.78 is 15.5. The summed E-state index contributed by atoms with van der Waals surface area (Å²) in [5.74, 6) is -0.129. The normalized spacial score (nSPS) is 19.5. The maximum Gasteiger partial charge on any atom is 0.237 e. The van der Waals surface area contributed by atoms with Crippen molar-refractivity contribution in [1.29, 1.82) is 0 Å². The van der Waals surface area contributed by atoms with Crippen molar-refractivity contribution in [1.82, 2.24) is 14.8 Å². The molecule has 0 saturated carbocycles. The van der Waals surface area contributed by atoms with Gasteiger partial charge in [-0.1, -0.05) is 6.42 Å². The summed E-state index contributed by atoms with van der Waals surface area (Å²) in [6.45, 7) is 1.64. The van der Waals surface area contributed by atoms with Crippen molar-refractivity contribution in [3.05, 3.63) is 35.8 Å². The van der Waals surface area contributed by atoms with Crippen molar-refractivity contribution in [3.63, 3.8) is 0 Å². The predicted octanol–water partition coefficient (Wildman–Crippen LogP) is 2.42. The third-order valence-corrected chi connectivity index (χ3v) is 4.63. The first kappa shape index (κ1) is 15.0. The van der Waals surface area contributed by atoms with E-state index in [1.54, 1.807) is 19.2 Å². The number of carbonyl (C=O) groups excluding carboxylic acids is 1. The van der Waals surface area contributed by atoms with Gasteiger partial charge in [-0.2, -0.15) is 0 Å². The minimum absolute atomic E-state index is 0.0616. The molecule has 3 rings (SSSR count). The summed E-state index contributed by atoms with van der Waals surface area (Å²) in [7, 11) is 3.68. The molecule has 0 radical (unpaired) electrons. The van der Waals surface area contributed by atoms with E-state index >= 15 is 0 Å². The number of carbonyl (C=O) groups is 1. The number of hydrogen-bond acceptors (Lipinski definition) is 2. The highest BCUT2D eigenvalue weighted by Gasteiger charge is 2.28. The molecule has 4 nitrogen and oxygen atoms in total. The molecule has 5 heteroatoms. The number of fused-ring (bicyclic) bond motifs is 1. The average molecular weight is 303 g/mol. The highest BCUT2D eigenvalue weighted by Crippen LogP contribution is 2.24. The number of likely N-dealkylation sites (tertiary alicyclic amines) is 1. The molecule has 118 valence electrons. The zero-order chi connectivity index (χ0) is 15.7. The number of piperidine rings is 1. The lowest BCUT2D eigenvalue weighted by atomic mass is 10.0. The minimum atomic E-state index is -0.217. The average Bonchev–Trinajstić information content (AvgIpc) is 2.82. The predicted molar refractivity (Wildman–Crippen MR) is 85.0 cm³/mol. The molecule has 1 aliphatic heterocycles. The number of aryl methyl sites for hydroxylation is 1. The Hall–Kier alpha value is -1.88. The fraction of sp³-hybridized carbons (Fsp3) is 0.471. The summed E-state index contributed by atoms with van der Waals surface area (Å²) in [4.78, 5) is 14.3. The lowest BCUT2D eigenvalue weighted by Crippen LogP contribution is -2.48. The number of hydrogen-bond donors (Lipinski definition) is 1. The lowest BCUT2D eigenvalue weighted by Gasteiger charge is -2.34. The molecule has 0 spiro atoms. The standard InChI is InChI=1S/C17H22FN3O/c1-19-17(22)16-5-3-4-8-21(16)11-14-10-12-9-13(18)6-7-15(12)20(14)2/h6-7,9-10,16H,3-5,8,11H2,1-2H3,(H,19,22). The van der Waals surface area contributed by atoms with Gasteiger partial charge in [-0.05, 0) is 43.7 Å². The maximum absolute atomic E-state index is 13.4. The zero-order valence-corrected chi connectivity index (χ0v) is 13.1. The van der Waals surface area contributed by atoms with Crippen LogP contribution in [0.5, 0.6) is 0 Å². The Morgan fingerprint density at radius 1 is 1.36 bits per heavy atom. The fourth-order valence-electron chi connectivity index (χ4n) is 3.38. The number of benzene rings is 1. The first-order valence-electron chi connectivity index (χ1n) is 7.79. The van der Waals surface area contributed by atoms with Gasteiger partial charge in [0.15, 0.2) is 0 Å². The molecule has 1 aromatic carbocycles. The molecule has 1 atom stereocenters. The lowest BCUT2D eigenvalue weighted by molar-refractivity contribution is -0.127. The van der Waals surface area contributed by atoms with E-state index < -0.39 is 0 Å². The summed E-state index contributed by atoms with van der Waals surface area (Å²) in [5, 5.41) is 3.67. The molecule has 1 aliphatic rings. The van der Waals surface area contributed by atoms with Crippen molar-refractivity contribution in [2.75, 3.05) is 13.6 Å². The monoisotopic (exact) mass is 303 g/mol. The van der Waals surface area contributed by atoms with Crippen molar-refractivity contribution in [2.24, 2.45) is 7.05 Å². The molecule has 1 unspecified atom stereocenters. The molecule has 0 bridgehead atoms. The van der Waals surface area contributed by atoms with E-state index in [2.05, 4.69) is 14.8 Å². The van der Waals surface area contributed by atoms with Crippen LogP contribution in [0.4, 0.5) is 4.39 Å². The Morgan fingerprint density at radius 3 is 2.95 bits per heavy atom. The summed E-state index contributed by atoms with van der Waals surface area (Å²) >= 11 is 0. The molecule has 1 saturated heterocycles. The van der Waals surface area contributed by atoms with Crippen LogP contribution in [0.1, 0.15) is 25.0 Å². The van der Waals surface area contributed by atoms with Crippen LogP contribution in [0, 0.1) is 5.82 Å². The second kappa shape index (κ2) is 6.08. The van der Waals surface area contributed by atoms with Crippen LogP contribution in [0.3, 0.4) is 0 Å². The van der Waals surface area contributed by atoms with E-state index in [9.17, 15) is 9.18 Å². The van der Waals surface area contributed by atoms with Gasteiger partial charge < -0.3 is 9.88 Å². The number of nitrogens with one attached hydrogen (secondary N) is 1. The Morgan fingerprint density at radius 2 is 2.18 bits per heavy atom. The quantitative estimate of drug-likeness (QED) is 0.945. The van der Waals surface area contributed by atoms with E-state index in [1.807, 2.05) is 13.1 Å². The summed E-state index contributed by atoms with van der Waals surface area (Å²) in [6.07, 6.45) is 3.11. The number of amides is 1. The van der Waals surface area contributed by atoms with Gasteiger partial charge in [-0.25, -0.2) is 4.39 Å². The number of aromatic nitrogens is 1. The van der Waals surface area contributed by atoms with Gasteiger partial charge in [0.05, 0.1) is 6.04 Å². The highest BCUT2D eigenvalue weighted by atomic mass is 19.1. The van der Waals surface area contributed by atoms with Crippen LogP contribution in [-0.2, 0) is 18.4 Å². The Labute approximate surface area is 129 Å². The molecular weight excluding hydrogens is 281 g/mol. The molecule has 2 heterocycles. The van der Waals surface area contributed by atoms with Crippen molar-refractivity contribution < 1.29 is 9.18 Å². The molecule has 0 aliphatic carbocycles. The van der Waals surface area contributed by atoms with Gasteiger partial charge in [0.25, 0.3) is 0 Å². The number of halogens is 1. The van der Waals surface area contributed by atoms with Crippen LogP contribution >= 0.6 is 0 Å². The fourth-order valence-corrected chi connectivity index (χ4v) is 3.38. The number of nitrogens with zero attached hydrogens (tertiary/aromatic N) is 2. The van der Waals surface area contributed by atoms with Crippen molar-refractivity contribution in [3.8, 4) is 0 Å². The molecule has 1 fully saturated rings. The van der Waals surface area contributed by atoms with E-state index in [4.69, 9.17) is 0 Å². The van der Waals surface area contributed by atoms with Crippen LogP contribution in [-0.4, -0.2) is 35.0 Å². The maximum atomic E-state index is 13.4. The molecule has 1 N–H and O–H groups in total. The smallest absolute Gasteiger partial charge is 0.237 e. The van der Waals surface area contributed by atoms with Crippen molar-refractivity contribution >= 4 is 16.8 Å². The van der Waals surface area contributed by atoms with Gasteiger partial charge in [0.1, 0.15) is 5.82 Å². The van der Waals surface area contributed by atoms with E-state index in [-0.39, 0.29) is 17.8 Å². The largest absolute Gasteiger partial charge is 0.358 e. The van der Waals surface area contributed by atoms with Gasteiger partial charge in [-0.3, -0.25) is 9.69 Å². The van der Waals surface area contributed by atoms with Crippen LogP contribution in [0.15, 0.2) is 24.3 Å². The second-order valence-electron chi connectivity index (χ2n) is 5.99.